The molecule has 3 N–H and O–H groups in total. The van der Waals surface area contributed by atoms with Crippen LogP contribution >= 0.6 is 0 Å². The summed E-state index contributed by atoms with van der Waals surface area (Å²) in [5.74, 6) is -2.77. The SMILES string of the molecule is O=C(O)c1ccccc1C(=O)NCc1ccc2nc3ccccc3c(C(=O)O)c2c1. The van der Waals surface area contributed by atoms with Gasteiger partial charge in [0.2, 0.25) is 0 Å². The molecule has 3 aromatic carbocycles. The van der Waals surface area contributed by atoms with Crippen molar-refractivity contribution >= 4 is 39.7 Å². The first-order valence-electron chi connectivity index (χ1n) is 9.11. The Balaban J connectivity index is 1.68. The molecule has 0 atom stereocenters. The molecule has 0 spiro atoms. The highest BCUT2D eigenvalue weighted by Crippen LogP contribution is 2.27. The van der Waals surface area contributed by atoms with Crippen LogP contribution in [0.25, 0.3) is 21.8 Å². The molecule has 7 nitrogen and oxygen atoms in total. The van der Waals surface area contributed by atoms with Crippen LogP contribution in [-0.4, -0.2) is 33.0 Å². The second kappa shape index (κ2) is 7.63. The summed E-state index contributed by atoms with van der Waals surface area (Å²) in [5, 5.41) is 22.7. The van der Waals surface area contributed by atoms with Gasteiger partial charge in [0.1, 0.15) is 0 Å². The molecular weight excluding hydrogens is 384 g/mol. The fourth-order valence-electron chi connectivity index (χ4n) is 3.42. The second-order valence-corrected chi connectivity index (χ2v) is 6.69. The standard InChI is InChI=1S/C23H16N2O5/c26-21(14-5-1-2-6-15(14)22(27)28)24-12-13-9-10-19-17(11-13)20(23(29)30)16-7-3-4-8-18(16)25-19/h1-11H,12H2,(H,24,26)(H,27,28)(H,29,30). The zero-order valence-electron chi connectivity index (χ0n) is 15.6. The normalized spacial score (nSPS) is 10.8. The lowest BCUT2D eigenvalue weighted by Crippen LogP contribution is -2.24. The number of fused-ring (bicyclic) bond motifs is 2. The van der Waals surface area contributed by atoms with E-state index >= 15 is 0 Å². The summed E-state index contributed by atoms with van der Waals surface area (Å²) in [6, 6.07) is 18.1. The van der Waals surface area contributed by atoms with Crippen molar-refractivity contribution in [2.75, 3.05) is 0 Å². The number of hydrogen-bond donors (Lipinski definition) is 3. The lowest BCUT2D eigenvalue weighted by atomic mass is 10.0. The van der Waals surface area contributed by atoms with Gasteiger partial charge < -0.3 is 15.5 Å². The second-order valence-electron chi connectivity index (χ2n) is 6.69. The van der Waals surface area contributed by atoms with E-state index in [4.69, 9.17) is 0 Å². The Kier molecular flexibility index (Phi) is 4.85. The van der Waals surface area contributed by atoms with Crippen LogP contribution in [0, 0.1) is 0 Å². The molecule has 0 unspecified atom stereocenters. The lowest BCUT2D eigenvalue weighted by molar-refractivity contribution is 0.0685. The summed E-state index contributed by atoms with van der Waals surface area (Å²) in [5.41, 5.74) is 1.93. The smallest absolute Gasteiger partial charge is 0.337 e. The maximum absolute atomic E-state index is 12.5. The van der Waals surface area contributed by atoms with Gasteiger partial charge in [-0.25, -0.2) is 14.6 Å². The number of carbonyl (C=O) groups is 3. The van der Waals surface area contributed by atoms with E-state index < -0.39 is 17.8 Å². The van der Waals surface area contributed by atoms with Crippen LogP contribution in [0.2, 0.25) is 0 Å². The van der Waals surface area contributed by atoms with Crippen LogP contribution in [0.15, 0.2) is 66.7 Å². The van der Waals surface area contributed by atoms with Crippen LogP contribution in [0.4, 0.5) is 0 Å². The molecule has 0 fully saturated rings. The average Bonchev–Trinajstić information content (AvgIpc) is 2.75. The number of carbonyl (C=O) groups excluding carboxylic acids is 1. The number of aromatic nitrogens is 1. The molecule has 30 heavy (non-hydrogen) atoms. The van der Waals surface area contributed by atoms with Gasteiger partial charge in [0.15, 0.2) is 0 Å². The van der Waals surface area contributed by atoms with Gasteiger partial charge in [-0.15, -0.1) is 0 Å². The lowest BCUT2D eigenvalue weighted by Gasteiger charge is -2.11. The van der Waals surface area contributed by atoms with Gasteiger partial charge in [-0.1, -0.05) is 36.4 Å². The van der Waals surface area contributed by atoms with Crippen molar-refractivity contribution in [1.29, 1.82) is 0 Å². The molecular formula is C23H16N2O5. The first kappa shape index (κ1) is 19.1. The number of carboxylic acids is 2. The first-order chi connectivity index (χ1) is 14.5. The Hall–Kier alpha value is -4.26. The van der Waals surface area contributed by atoms with Crippen molar-refractivity contribution in [3.05, 3.63) is 89.0 Å². The molecule has 0 saturated heterocycles. The molecule has 1 aromatic heterocycles. The van der Waals surface area contributed by atoms with Gasteiger partial charge in [0.25, 0.3) is 5.91 Å². The average molecular weight is 400 g/mol. The third kappa shape index (κ3) is 3.44. The van der Waals surface area contributed by atoms with Gasteiger partial charge in [-0.2, -0.15) is 0 Å². The fourth-order valence-corrected chi connectivity index (χ4v) is 3.42. The molecule has 0 aliphatic carbocycles. The quantitative estimate of drug-likeness (QED) is 0.440. The molecule has 1 amide bonds. The number of benzene rings is 3. The Morgan fingerprint density at radius 2 is 1.43 bits per heavy atom. The van der Waals surface area contributed by atoms with Crippen LogP contribution in [0.5, 0.6) is 0 Å². The van der Waals surface area contributed by atoms with E-state index in [2.05, 4.69) is 10.3 Å². The number of hydrogen-bond acceptors (Lipinski definition) is 4. The highest BCUT2D eigenvalue weighted by Gasteiger charge is 2.17. The molecule has 0 saturated carbocycles. The van der Waals surface area contributed by atoms with Gasteiger partial charge in [0, 0.05) is 17.3 Å². The number of pyridine rings is 1. The van der Waals surface area contributed by atoms with Gasteiger partial charge in [-0.05, 0) is 35.9 Å². The number of para-hydroxylation sites is 1. The van der Waals surface area contributed by atoms with Crippen LogP contribution in [0.1, 0.15) is 36.6 Å². The minimum atomic E-state index is -1.18. The monoisotopic (exact) mass is 400 g/mol. The van der Waals surface area contributed by atoms with E-state index in [9.17, 15) is 24.6 Å². The molecule has 148 valence electrons. The predicted octanol–water partition coefficient (Wildman–Crippen LogP) is 3.71. The highest BCUT2D eigenvalue weighted by atomic mass is 16.4. The summed E-state index contributed by atoms with van der Waals surface area (Å²) >= 11 is 0. The maximum Gasteiger partial charge on any atom is 0.337 e. The Bertz CT molecular complexity index is 1330. The summed E-state index contributed by atoms with van der Waals surface area (Å²) in [7, 11) is 0. The van der Waals surface area contributed by atoms with Crippen LogP contribution in [-0.2, 0) is 6.54 Å². The van der Waals surface area contributed by atoms with Gasteiger partial charge in [0.05, 0.1) is 27.7 Å². The molecule has 0 aliphatic heterocycles. The molecule has 0 aliphatic rings. The topological polar surface area (TPSA) is 117 Å². The van der Waals surface area contributed by atoms with Gasteiger partial charge in [-0.3, -0.25) is 4.79 Å². The highest BCUT2D eigenvalue weighted by molar-refractivity contribution is 6.13. The van der Waals surface area contributed by atoms with Crippen molar-refractivity contribution in [3.8, 4) is 0 Å². The van der Waals surface area contributed by atoms with Crippen LogP contribution < -0.4 is 5.32 Å². The number of amides is 1. The third-order valence-electron chi connectivity index (χ3n) is 4.81. The van der Waals surface area contributed by atoms with Crippen molar-refractivity contribution in [3.63, 3.8) is 0 Å². The molecule has 4 aromatic rings. The number of carboxylic acid groups (broad SMARTS) is 2. The zero-order valence-corrected chi connectivity index (χ0v) is 15.6. The van der Waals surface area contributed by atoms with Crippen molar-refractivity contribution in [2.45, 2.75) is 6.54 Å². The molecule has 0 bridgehead atoms. The predicted molar refractivity (Wildman–Crippen MR) is 111 cm³/mol. The summed E-state index contributed by atoms with van der Waals surface area (Å²) in [6.45, 7) is 0.106. The van der Waals surface area contributed by atoms with E-state index in [1.54, 1.807) is 54.6 Å². The molecule has 1 heterocycles. The fraction of sp³-hybridized carbons (Fsp3) is 0.0435. The zero-order chi connectivity index (χ0) is 21.3. The Morgan fingerprint density at radius 1 is 0.767 bits per heavy atom. The number of nitrogens with one attached hydrogen (secondary N) is 1. The molecule has 0 radical (unpaired) electrons. The van der Waals surface area contributed by atoms with Gasteiger partial charge >= 0.3 is 11.9 Å². The maximum atomic E-state index is 12.5. The largest absolute Gasteiger partial charge is 0.478 e. The summed E-state index contributed by atoms with van der Waals surface area (Å²) in [6.07, 6.45) is 0. The Morgan fingerprint density at radius 3 is 2.17 bits per heavy atom. The molecule has 7 heteroatoms. The van der Waals surface area contributed by atoms with E-state index in [1.807, 2.05) is 0 Å². The van der Waals surface area contributed by atoms with Crippen LogP contribution in [0.3, 0.4) is 0 Å². The minimum Gasteiger partial charge on any atom is -0.478 e. The summed E-state index contributed by atoms with van der Waals surface area (Å²) in [4.78, 5) is 40.2. The minimum absolute atomic E-state index is 0.0599. The van der Waals surface area contributed by atoms with Crippen molar-refractivity contribution < 1.29 is 24.6 Å². The Labute approximate surface area is 170 Å². The number of rotatable bonds is 5. The number of aromatic carboxylic acids is 2. The third-order valence-corrected chi connectivity index (χ3v) is 4.81. The van der Waals surface area contributed by atoms with E-state index in [1.165, 1.54) is 12.1 Å². The summed E-state index contributed by atoms with van der Waals surface area (Å²) < 4.78 is 0. The van der Waals surface area contributed by atoms with Crippen molar-refractivity contribution in [2.24, 2.45) is 0 Å². The van der Waals surface area contributed by atoms with E-state index in [0.717, 1.165) is 0 Å². The first-order valence-corrected chi connectivity index (χ1v) is 9.11. The molecule has 4 rings (SSSR count). The van der Waals surface area contributed by atoms with E-state index in [0.29, 0.717) is 27.4 Å². The van der Waals surface area contributed by atoms with E-state index in [-0.39, 0.29) is 23.2 Å². The number of nitrogens with zero attached hydrogens (tertiary/aromatic N) is 1. The van der Waals surface area contributed by atoms with Crippen molar-refractivity contribution in [1.82, 2.24) is 10.3 Å².